The first-order valence-electron chi connectivity index (χ1n) is 5.50. The van der Waals surface area contributed by atoms with Gasteiger partial charge in [-0.05, 0) is 19.1 Å². The van der Waals surface area contributed by atoms with Gasteiger partial charge in [0, 0.05) is 19.3 Å². The van der Waals surface area contributed by atoms with E-state index in [1.807, 2.05) is 27.2 Å². The molecule has 0 spiro atoms. The molecule has 0 unspecified atom stereocenters. The molecule has 0 aliphatic heterocycles. The summed E-state index contributed by atoms with van der Waals surface area (Å²) in [5.41, 5.74) is 5.09. The Morgan fingerprint density at radius 1 is 1.44 bits per heavy atom. The molecule has 5 heteroatoms. The van der Waals surface area contributed by atoms with Gasteiger partial charge in [0.2, 0.25) is 5.91 Å². The van der Waals surface area contributed by atoms with E-state index in [1.54, 1.807) is 16.7 Å². The van der Waals surface area contributed by atoms with E-state index in [-0.39, 0.29) is 5.91 Å². The van der Waals surface area contributed by atoms with Crippen molar-refractivity contribution in [3.8, 4) is 0 Å². The van der Waals surface area contributed by atoms with E-state index in [0.717, 1.165) is 12.3 Å². The second-order valence-electron chi connectivity index (χ2n) is 3.87. The maximum absolute atomic E-state index is 12.3. The molecule has 0 aromatic carbocycles. The van der Waals surface area contributed by atoms with Crippen LogP contribution in [0.5, 0.6) is 0 Å². The quantitative estimate of drug-likeness (QED) is 0.712. The van der Waals surface area contributed by atoms with Crippen LogP contribution in [-0.2, 0) is 4.79 Å². The van der Waals surface area contributed by atoms with Crippen molar-refractivity contribution >= 4 is 34.9 Å². The minimum Gasteiger partial charge on any atom is -0.392 e. The van der Waals surface area contributed by atoms with Gasteiger partial charge in [-0.3, -0.25) is 4.79 Å². The van der Waals surface area contributed by atoms with Crippen molar-refractivity contribution in [3.05, 3.63) is 0 Å². The molecule has 2 N–H and O–H groups in total. The Labute approximate surface area is 108 Å². The van der Waals surface area contributed by atoms with E-state index in [0.29, 0.717) is 17.8 Å². The predicted octanol–water partition coefficient (Wildman–Crippen LogP) is 1.90. The first kappa shape index (κ1) is 15.7. The fourth-order valence-corrected chi connectivity index (χ4v) is 2.53. The molecule has 0 saturated heterocycles. The van der Waals surface area contributed by atoms with Crippen molar-refractivity contribution in [3.63, 3.8) is 0 Å². The number of carbonyl (C=O) groups is 1. The smallest absolute Gasteiger partial charge is 0.235 e. The SMILES string of the molecule is CCC(CC)(C(=O)N(C)CCSC)C(N)=S. The van der Waals surface area contributed by atoms with Crippen LogP contribution < -0.4 is 5.73 Å². The second kappa shape index (κ2) is 7.12. The number of nitrogens with two attached hydrogens (primary N) is 1. The Morgan fingerprint density at radius 3 is 2.25 bits per heavy atom. The maximum atomic E-state index is 12.3. The molecule has 0 bridgehead atoms. The molecule has 0 atom stereocenters. The average Bonchev–Trinajstić information content (AvgIpc) is 2.27. The normalized spacial score (nSPS) is 11.2. The number of thiocarbonyl (C=S) groups is 1. The minimum absolute atomic E-state index is 0.0547. The van der Waals surface area contributed by atoms with Gasteiger partial charge in [0.15, 0.2) is 0 Å². The summed E-state index contributed by atoms with van der Waals surface area (Å²) in [6.07, 6.45) is 3.36. The van der Waals surface area contributed by atoms with Crippen LogP contribution in [0.2, 0.25) is 0 Å². The van der Waals surface area contributed by atoms with Crippen molar-refractivity contribution in [2.45, 2.75) is 26.7 Å². The van der Waals surface area contributed by atoms with Gasteiger partial charge in [0.1, 0.15) is 0 Å². The van der Waals surface area contributed by atoms with Crippen LogP contribution in [0.15, 0.2) is 0 Å². The van der Waals surface area contributed by atoms with Gasteiger partial charge < -0.3 is 10.6 Å². The first-order valence-corrected chi connectivity index (χ1v) is 7.30. The number of nitrogens with zero attached hydrogens (tertiary/aromatic N) is 1. The molecule has 0 aromatic rings. The lowest BCUT2D eigenvalue weighted by atomic mass is 9.81. The number of hydrogen-bond acceptors (Lipinski definition) is 3. The molecule has 0 aliphatic carbocycles. The molecular weight excluding hydrogens is 240 g/mol. The number of amides is 1. The lowest BCUT2D eigenvalue weighted by Gasteiger charge is -2.33. The Bertz CT molecular complexity index is 252. The summed E-state index contributed by atoms with van der Waals surface area (Å²) < 4.78 is 0. The summed E-state index contributed by atoms with van der Waals surface area (Å²) in [4.78, 5) is 14.4. The highest BCUT2D eigenvalue weighted by Gasteiger charge is 2.39. The predicted molar refractivity (Wildman–Crippen MR) is 75.8 cm³/mol. The number of carbonyl (C=O) groups excluding carboxylic acids is 1. The monoisotopic (exact) mass is 262 g/mol. The number of thioether (sulfide) groups is 1. The zero-order valence-electron chi connectivity index (χ0n) is 10.6. The van der Waals surface area contributed by atoms with Crippen LogP contribution in [-0.4, -0.2) is 41.4 Å². The standard InChI is InChI=1S/C11H22N2OS2/c1-5-11(6-2,9(12)15)10(14)13(3)7-8-16-4/h5-8H2,1-4H3,(H2,12,15). The lowest BCUT2D eigenvalue weighted by molar-refractivity contribution is -0.137. The third-order valence-electron chi connectivity index (χ3n) is 3.07. The molecule has 3 nitrogen and oxygen atoms in total. The van der Waals surface area contributed by atoms with Crippen LogP contribution in [0.4, 0.5) is 0 Å². The zero-order valence-corrected chi connectivity index (χ0v) is 12.2. The topological polar surface area (TPSA) is 46.3 Å². The molecular formula is C11H22N2OS2. The molecule has 0 fully saturated rings. The highest BCUT2D eigenvalue weighted by molar-refractivity contribution is 7.98. The van der Waals surface area contributed by atoms with E-state index < -0.39 is 5.41 Å². The summed E-state index contributed by atoms with van der Waals surface area (Å²) in [6.45, 7) is 4.66. The molecule has 1 amide bonds. The number of rotatable bonds is 7. The molecule has 0 radical (unpaired) electrons. The highest BCUT2D eigenvalue weighted by atomic mass is 32.2. The van der Waals surface area contributed by atoms with Crippen LogP contribution >= 0.6 is 24.0 Å². The van der Waals surface area contributed by atoms with Gasteiger partial charge in [0.25, 0.3) is 0 Å². The van der Waals surface area contributed by atoms with Crippen molar-refractivity contribution in [2.24, 2.45) is 11.1 Å². The molecule has 0 aliphatic rings. The van der Waals surface area contributed by atoms with E-state index in [2.05, 4.69) is 0 Å². The first-order chi connectivity index (χ1) is 7.46. The fraction of sp³-hybridized carbons (Fsp3) is 0.818. The fourth-order valence-electron chi connectivity index (χ4n) is 1.70. The Kier molecular flexibility index (Phi) is 6.99. The van der Waals surface area contributed by atoms with Gasteiger partial charge in [-0.25, -0.2) is 0 Å². The summed E-state index contributed by atoms with van der Waals surface area (Å²) in [5.74, 6) is 0.988. The molecule has 94 valence electrons. The Hall–Kier alpha value is -0.290. The van der Waals surface area contributed by atoms with E-state index in [4.69, 9.17) is 18.0 Å². The zero-order chi connectivity index (χ0) is 12.8. The molecule has 0 saturated carbocycles. The van der Waals surface area contributed by atoms with Crippen LogP contribution in [0, 0.1) is 5.41 Å². The van der Waals surface area contributed by atoms with Crippen LogP contribution in [0.1, 0.15) is 26.7 Å². The molecule has 16 heavy (non-hydrogen) atoms. The van der Waals surface area contributed by atoms with Gasteiger partial charge >= 0.3 is 0 Å². The summed E-state index contributed by atoms with van der Waals surface area (Å²) >= 11 is 6.78. The van der Waals surface area contributed by atoms with Crippen molar-refractivity contribution in [1.29, 1.82) is 0 Å². The minimum atomic E-state index is -0.650. The largest absolute Gasteiger partial charge is 0.392 e. The van der Waals surface area contributed by atoms with Gasteiger partial charge in [-0.2, -0.15) is 11.8 Å². The maximum Gasteiger partial charge on any atom is 0.235 e. The van der Waals surface area contributed by atoms with Crippen molar-refractivity contribution in [1.82, 2.24) is 4.90 Å². The summed E-state index contributed by atoms with van der Waals surface area (Å²) in [5, 5.41) is 0. The lowest BCUT2D eigenvalue weighted by Crippen LogP contribution is -2.49. The summed E-state index contributed by atoms with van der Waals surface area (Å²) in [7, 11) is 1.82. The average molecular weight is 262 g/mol. The van der Waals surface area contributed by atoms with Gasteiger partial charge in [-0.15, -0.1) is 0 Å². The summed E-state index contributed by atoms with van der Waals surface area (Å²) in [6, 6.07) is 0. The molecule has 0 aromatic heterocycles. The van der Waals surface area contributed by atoms with Crippen LogP contribution in [0.25, 0.3) is 0 Å². The highest BCUT2D eigenvalue weighted by Crippen LogP contribution is 2.29. The van der Waals surface area contributed by atoms with E-state index in [9.17, 15) is 4.79 Å². The molecule has 0 rings (SSSR count). The van der Waals surface area contributed by atoms with Crippen molar-refractivity contribution < 1.29 is 4.79 Å². The second-order valence-corrected chi connectivity index (χ2v) is 5.30. The Morgan fingerprint density at radius 2 is 1.94 bits per heavy atom. The number of hydrogen-bond donors (Lipinski definition) is 1. The van der Waals surface area contributed by atoms with E-state index >= 15 is 0 Å². The third-order valence-corrected chi connectivity index (χ3v) is 4.05. The Balaban J connectivity index is 4.80. The van der Waals surface area contributed by atoms with Gasteiger partial charge in [0.05, 0.1) is 10.4 Å². The third kappa shape index (κ3) is 3.35. The van der Waals surface area contributed by atoms with Crippen molar-refractivity contribution in [2.75, 3.05) is 25.6 Å². The van der Waals surface area contributed by atoms with Crippen LogP contribution in [0.3, 0.4) is 0 Å². The molecule has 0 heterocycles. The van der Waals surface area contributed by atoms with Gasteiger partial charge in [-0.1, -0.05) is 26.1 Å². The van der Waals surface area contributed by atoms with E-state index in [1.165, 1.54) is 0 Å².